The highest BCUT2D eigenvalue weighted by molar-refractivity contribution is 5.12. The minimum Gasteiger partial charge on any atom is -0.388 e. The molecular weight excluding hydrogens is 188 g/mol. The van der Waals surface area contributed by atoms with Gasteiger partial charge in [0.25, 0.3) is 0 Å². The smallest absolute Gasteiger partial charge is 0.115 e. The Bertz CT molecular complexity index is 307. The first-order valence-electron chi connectivity index (χ1n) is 5.71. The molecule has 82 valence electrons. The highest BCUT2D eigenvalue weighted by atomic mass is 16.3. The van der Waals surface area contributed by atoms with E-state index in [0.29, 0.717) is 0 Å². The molecule has 0 bridgehead atoms. The third kappa shape index (κ3) is 1.88. The Morgan fingerprint density at radius 1 is 1.33 bits per heavy atom. The second-order valence-corrected chi connectivity index (χ2v) is 4.50. The molecule has 1 unspecified atom stereocenters. The maximum absolute atomic E-state index is 10.4. The van der Waals surface area contributed by atoms with Crippen molar-refractivity contribution in [1.29, 1.82) is 0 Å². The molecule has 0 aromatic carbocycles. The zero-order valence-electron chi connectivity index (χ0n) is 9.19. The molecule has 0 aliphatic heterocycles. The summed E-state index contributed by atoms with van der Waals surface area (Å²) in [7, 11) is 0. The highest BCUT2D eigenvalue weighted by Crippen LogP contribution is 2.49. The second-order valence-electron chi connectivity index (χ2n) is 4.50. The minimum absolute atomic E-state index is 0.0741. The number of hydrogen-bond donors (Lipinski definition) is 1. The van der Waals surface area contributed by atoms with Gasteiger partial charge < -0.3 is 5.11 Å². The molecule has 1 aromatic rings. The summed E-state index contributed by atoms with van der Waals surface area (Å²) in [5.41, 5.74) is 0.936. The molecule has 0 radical (unpaired) electrons. The van der Waals surface area contributed by atoms with Crippen LogP contribution in [-0.2, 0) is 0 Å². The number of hydrogen-bond acceptors (Lipinski definition) is 3. The Labute approximate surface area is 90.6 Å². The van der Waals surface area contributed by atoms with E-state index in [-0.39, 0.29) is 5.41 Å². The Kier molecular flexibility index (Phi) is 3.00. The van der Waals surface area contributed by atoms with E-state index >= 15 is 0 Å². The normalized spacial score (nSPS) is 21.5. The van der Waals surface area contributed by atoms with Gasteiger partial charge in [0, 0.05) is 23.4 Å². The standard InChI is InChI=1S/C12H18N2O/c1-2-12(5-3-4-6-12)11(15)10-7-13-9-14-8-10/h7-9,11,15H,2-6H2,1H3. The third-order valence-electron chi connectivity index (χ3n) is 3.78. The molecule has 2 rings (SSSR count). The van der Waals surface area contributed by atoms with E-state index in [9.17, 15) is 5.11 Å². The molecule has 0 saturated heterocycles. The van der Waals surface area contributed by atoms with Gasteiger partial charge in [-0.15, -0.1) is 0 Å². The van der Waals surface area contributed by atoms with E-state index in [1.165, 1.54) is 19.2 Å². The topological polar surface area (TPSA) is 46.0 Å². The summed E-state index contributed by atoms with van der Waals surface area (Å²) in [5.74, 6) is 0. The summed E-state index contributed by atoms with van der Waals surface area (Å²) >= 11 is 0. The van der Waals surface area contributed by atoms with Crippen molar-refractivity contribution in [3.8, 4) is 0 Å². The van der Waals surface area contributed by atoms with Gasteiger partial charge in [-0.25, -0.2) is 9.97 Å². The first-order valence-corrected chi connectivity index (χ1v) is 5.71. The number of rotatable bonds is 3. The van der Waals surface area contributed by atoms with Crippen LogP contribution in [0.5, 0.6) is 0 Å². The lowest BCUT2D eigenvalue weighted by molar-refractivity contribution is 0.0232. The number of aliphatic hydroxyl groups is 1. The van der Waals surface area contributed by atoms with Gasteiger partial charge in [-0.3, -0.25) is 0 Å². The third-order valence-corrected chi connectivity index (χ3v) is 3.78. The van der Waals surface area contributed by atoms with Gasteiger partial charge in [0.2, 0.25) is 0 Å². The van der Waals surface area contributed by atoms with Crippen molar-refractivity contribution in [2.45, 2.75) is 45.1 Å². The maximum Gasteiger partial charge on any atom is 0.115 e. The second kappa shape index (κ2) is 4.27. The zero-order chi connectivity index (χ0) is 10.7. The van der Waals surface area contributed by atoms with Gasteiger partial charge in [0.05, 0.1) is 6.10 Å². The summed E-state index contributed by atoms with van der Waals surface area (Å²) < 4.78 is 0. The van der Waals surface area contributed by atoms with Crippen LogP contribution in [-0.4, -0.2) is 15.1 Å². The lowest BCUT2D eigenvalue weighted by atomic mass is 9.76. The van der Waals surface area contributed by atoms with Crippen molar-refractivity contribution in [2.24, 2.45) is 5.41 Å². The largest absolute Gasteiger partial charge is 0.388 e. The van der Waals surface area contributed by atoms with Crippen LogP contribution < -0.4 is 0 Å². The van der Waals surface area contributed by atoms with Gasteiger partial charge in [-0.05, 0) is 19.3 Å². The van der Waals surface area contributed by atoms with Crippen molar-refractivity contribution < 1.29 is 5.11 Å². The summed E-state index contributed by atoms with van der Waals surface area (Å²) in [6.45, 7) is 2.17. The summed E-state index contributed by atoms with van der Waals surface area (Å²) in [6.07, 6.45) is 10.3. The molecule has 1 atom stereocenters. The molecule has 0 amide bonds. The highest BCUT2D eigenvalue weighted by Gasteiger charge is 2.39. The van der Waals surface area contributed by atoms with Crippen LogP contribution in [0.25, 0.3) is 0 Å². The fourth-order valence-electron chi connectivity index (χ4n) is 2.70. The molecular formula is C12H18N2O. The van der Waals surface area contributed by atoms with Crippen LogP contribution >= 0.6 is 0 Å². The quantitative estimate of drug-likeness (QED) is 0.826. The molecule has 1 aliphatic carbocycles. The fourth-order valence-corrected chi connectivity index (χ4v) is 2.70. The Morgan fingerprint density at radius 3 is 2.47 bits per heavy atom. The van der Waals surface area contributed by atoms with Gasteiger partial charge in [0.1, 0.15) is 6.33 Å². The van der Waals surface area contributed by atoms with Crippen LogP contribution in [0.2, 0.25) is 0 Å². The van der Waals surface area contributed by atoms with E-state index < -0.39 is 6.10 Å². The molecule has 15 heavy (non-hydrogen) atoms. The average molecular weight is 206 g/mol. The summed E-state index contributed by atoms with van der Waals surface area (Å²) in [5, 5.41) is 10.4. The van der Waals surface area contributed by atoms with E-state index in [1.807, 2.05) is 0 Å². The molecule has 1 aromatic heterocycles. The van der Waals surface area contributed by atoms with Crippen LogP contribution in [0.4, 0.5) is 0 Å². The zero-order valence-corrected chi connectivity index (χ0v) is 9.19. The molecule has 1 fully saturated rings. The van der Waals surface area contributed by atoms with Gasteiger partial charge in [-0.2, -0.15) is 0 Å². The van der Waals surface area contributed by atoms with Crippen LogP contribution in [0.15, 0.2) is 18.7 Å². The minimum atomic E-state index is -0.397. The molecule has 3 heteroatoms. The van der Waals surface area contributed by atoms with Gasteiger partial charge in [0.15, 0.2) is 0 Å². The fraction of sp³-hybridized carbons (Fsp3) is 0.667. The lowest BCUT2D eigenvalue weighted by Crippen LogP contribution is -2.25. The lowest BCUT2D eigenvalue weighted by Gasteiger charge is -2.33. The van der Waals surface area contributed by atoms with E-state index in [4.69, 9.17) is 0 Å². The van der Waals surface area contributed by atoms with Crippen molar-refractivity contribution in [2.75, 3.05) is 0 Å². The van der Waals surface area contributed by atoms with Gasteiger partial charge >= 0.3 is 0 Å². The summed E-state index contributed by atoms with van der Waals surface area (Å²) in [6, 6.07) is 0. The Morgan fingerprint density at radius 2 is 1.93 bits per heavy atom. The maximum atomic E-state index is 10.4. The predicted octanol–water partition coefficient (Wildman–Crippen LogP) is 2.48. The van der Waals surface area contributed by atoms with Gasteiger partial charge in [-0.1, -0.05) is 19.8 Å². The molecule has 1 heterocycles. The first kappa shape index (κ1) is 10.6. The van der Waals surface area contributed by atoms with Crippen LogP contribution in [0.3, 0.4) is 0 Å². The van der Waals surface area contributed by atoms with Crippen molar-refractivity contribution in [3.63, 3.8) is 0 Å². The Hall–Kier alpha value is -0.960. The van der Waals surface area contributed by atoms with Crippen molar-refractivity contribution in [3.05, 3.63) is 24.3 Å². The molecule has 3 nitrogen and oxygen atoms in total. The number of aromatic nitrogens is 2. The van der Waals surface area contributed by atoms with Crippen molar-refractivity contribution >= 4 is 0 Å². The van der Waals surface area contributed by atoms with E-state index in [0.717, 1.165) is 24.8 Å². The monoisotopic (exact) mass is 206 g/mol. The number of nitrogens with zero attached hydrogens (tertiary/aromatic N) is 2. The molecule has 1 saturated carbocycles. The molecule has 0 spiro atoms. The van der Waals surface area contributed by atoms with Crippen LogP contribution in [0, 0.1) is 5.41 Å². The van der Waals surface area contributed by atoms with Crippen LogP contribution in [0.1, 0.15) is 50.7 Å². The first-order chi connectivity index (χ1) is 7.28. The number of aliphatic hydroxyl groups excluding tert-OH is 1. The SMILES string of the molecule is CCC1(C(O)c2cncnc2)CCCC1. The molecule has 1 N–H and O–H groups in total. The molecule has 1 aliphatic rings. The van der Waals surface area contributed by atoms with Crippen molar-refractivity contribution in [1.82, 2.24) is 9.97 Å². The van der Waals surface area contributed by atoms with E-state index in [2.05, 4.69) is 16.9 Å². The van der Waals surface area contributed by atoms with E-state index in [1.54, 1.807) is 12.4 Å². The average Bonchev–Trinajstić information content (AvgIpc) is 2.79. The Balaban J connectivity index is 2.22. The predicted molar refractivity (Wildman–Crippen MR) is 58.2 cm³/mol. The summed E-state index contributed by atoms with van der Waals surface area (Å²) in [4.78, 5) is 7.94.